The summed E-state index contributed by atoms with van der Waals surface area (Å²) in [6, 6.07) is 4.66. The Morgan fingerprint density at radius 1 is 1.11 bits per heavy atom. The minimum absolute atomic E-state index is 0.275. The monoisotopic (exact) mass is 258 g/mol. The first-order chi connectivity index (χ1) is 9.00. The van der Waals surface area contributed by atoms with E-state index in [-0.39, 0.29) is 12.1 Å². The van der Waals surface area contributed by atoms with Gasteiger partial charge in [-0.1, -0.05) is 0 Å². The van der Waals surface area contributed by atoms with Gasteiger partial charge in [0, 0.05) is 42.8 Å². The first-order valence-electron chi connectivity index (χ1n) is 6.66. The Balaban J connectivity index is 2.15. The van der Waals surface area contributed by atoms with Gasteiger partial charge in [0.15, 0.2) is 0 Å². The summed E-state index contributed by atoms with van der Waals surface area (Å²) in [6.45, 7) is 8.55. The Morgan fingerprint density at radius 2 is 1.74 bits per heavy atom. The quantitative estimate of drug-likeness (QED) is 0.917. The number of aromatic nitrogens is 3. The average Bonchev–Trinajstić information content (AvgIpc) is 2.64. The van der Waals surface area contributed by atoms with Crippen molar-refractivity contribution in [2.24, 2.45) is 7.05 Å². The largest absolute Gasteiger partial charge is 0.304 e. The number of aryl methyl sites for hydroxylation is 2. The molecule has 0 saturated heterocycles. The molecule has 2 heterocycles. The van der Waals surface area contributed by atoms with Crippen LogP contribution in [0.1, 0.15) is 48.4 Å². The van der Waals surface area contributed by atoms with Crippen LogP contribution in [-0.2, 0) is 7.05 Å². The van der Waals surface area contributed by atoms with Crippen LogP contribution in [0.4, 0.5) is 0 Å². The van der Waals surface area contributed by atoms with Gasteiger partial charge < -0.3 is 5.32 Å². The van der Waals surface area contributed by atoms with Gasteiger partial charge in [0.05, 0.1) is 5.69 Å². The lowest BCUT2D eigenvalue weighted by molar-refractivity contribution is 0.491. The molecule has 2 aromatic heterocycles. The maximum absolute atomic E-state index is 4.48. The van der Waals surface area contributed by atoms with E-state index in [9.17, 15) is 0 Å². The molecule has 0 aliphatic rings. The van der Waals surface area contributed by atoms with E-state index in [2.05, 4.69) is 43.1 Å². The van der Waals surface area contributed by atoms with Crippen LogP contribution in [-0.4, -0.2) is 14.8 Å². The van der Waals surface area contributed by atoms with Gasteiger partial charge in [0.2, 0.25) is 0 Å². The van der Waals surface area contributed by atoms with Gasteiger partial charge in [-0.3, -0.25) is 9.67 Å². The molecule has 1 unspecified atom stereocenters. The third-order valence-corrected chi connectivity index (χ3v) is 3.70. The lowest BCUT2D eigenvalue weighted by Gasteiger charge is -2.21. The van der Waals surface area contributed by atoms with Crippen molar-refractivity contribution in [1.82, 2.24) is 20.1 Å². The standard InChI is InChI=1S/C15H22N4/c1-10(14-6-8-16-9-7-14)17-11(2)15-12(3)18-19(5)13(15)4/h6-11,17H,1-5H3/t10-,11?/m1/s1. The fourth-order valence-electron chi connectivity index (χ4n) is 2.62. The van der Waals surface area contributed by atoms with E-state index in [1.54, 1.807) is 0 Å². The lowest BCUT2D eigenvalue weighted by atomic mass is 10.0. The molecule has 102 valence electrons. The van der Waals surface area contributed by atoms with E-state index >= 15 is 0 Å². The summed E-state index contributed by atoms with van der Waals surface area (Å²) in [4.78, 5) is 4.06. The highest BCUT2D eigenvalue weighted by molar-refractivity contribution is 5.28. The molecule has 0 saturated carbocycles. The van der Waals surface area contributed by atoms with Crippen LogP contribution in [0.2, 0.25) is 0 Å². The zero-order valence-corrected chi connectivity index (χ0v) is 12.3. The fraction of sp³-hybridized carbons (Fsp3) is 0.467. The Bertz CT molecular complexity index is 545. The van der Waals surface area contributed by atoms with Crippen molar-refractivity contribution >= 4 is 0 Å². The number of nitrogens with one attached hydrogen (secondary N) is 1. The van der Waals surface area contributed by atoms with Crippen molar-refractivity contribution in [3.05, 3.63) is 47.0 Å². The van der Waals surface area contributed by atoms with Crippen molar-refractivity contribution in [3.63, 3.8) is 0 Å². The molecular weight excluding hydrogens is 236 g/mol. The molecule has 1 N–H and O–H groups in total. The second-order valence-electron chi connectivity index (χ2n) is 5.10. The van der Waals surface area contributed by atoms with Gasteiger partial charge in [-0.25, -0.2) is 0 Å². The summed E-state index contributed by atoms with van der Waals surface area (Å²) in [5.74, 6) is 0. The van der Waals surface area contributed by atoms with E-state index in [0.717, 1.165) is 5.69 Å². The molecule has 2 atom stereocenters. The van der Waals surface area contributed by atoms with E-state index in [4.69, 9.17) is 0 Å². The van der Waals surface area contributed by atoms with Crippen molar-refractivity contribution in [2.75, 3.05) is 0 Å². The first-order valence-corrected chi connectivity index (χ1v) is 6.66. The van der Waals surface area contributed by atoms with Crippen molar-refractivity contribution in [3.8, 4) is 0 Å². The Kier molecular flexibility index (Phi) is 4.00. The van der Waals surface area contributed by atoms with Gasteiger partial charge in [0.25, 0.3) is 0 Å². The molecule has 0 aromatic carbocycles. The highest BCUT2D eigenvalue weighted by Crippen LogP contribution is 2.23. The van der Waals surface area contributed by atoms with E-state index in [1.807, 2.05) is 36.3 Å². The second-order valence-corrected chi connectivity index (χ2v) is 5.10. The van der Waals surface area contributed by atoms with Crippen LogP contribution in [0.5, 0.6) is 0 Å². The molecule has 0 aliphatic heterocycles. The predicted molar refractivity (Wildman–Crippen MR) is 76.9 cm³/mol. The van der Waals surface area contributed by atoms with Crippen LogP contribution < -0.4 is 5.32 Å². The Labute approximate surface area is 114 Å². The second kappa shape index (κ2) is 5.53. The zero-order chi connectivity index (χ0) is 14.0. The molecule has 2 aromatic rings. The van der Waals surface area contributed by atoms with Crippen LogP contribution in [0.25, 0.3) is 0 Å². The third-order valence-electron chi connectivity index (χ3n) is 3.70. The van der Waals surface area contributed by atoms with Crippen molar-refractivity contribution < 1.29 is 0 Å². The number of rotatable bonds is 4. The summed E-state index contributed by atoms with van der Waals surface area (Å²) in [5.41, 5.74) is 4.87. The molecule has 0 spiro atoms. The number of nitrogens with zero attached hydrogens (tertiary/aromatic N) is 3. The average molecular weight is 258 g/mol. The molecule has 0 amide bonds. The maximum Gasteiger partial charge on any atom is 0.0644 e. The molecule has 0 aliphatic carbocycles. The van der Waals surface area contributed by atoms with Gasteiger partial charge in [0.1, 0.15) is 0 Å². The highest BCUT2D eigenvalue weighted by Gasteiger charge is 2.18. The molecule has 4 heteroatoms. The Morgan fingerprint density at radius 3 is 2.26 bits per heavy atom. The topological polar surface area (TPSA) is 42.7 Å². The van der Waals surface area contributed by atoms with Crippen LogP contribution in [0.15, 0.2) is 24.5 Å². The molecule has 0 radical (unpaired) electrons. The van der Waals surface area contributed by atoms with E-state index < -0.39 is 0 Å². The SMILES string of the molecule is Cc1nn(C)c(C)c1C(C)N[C@H](C)c1ccncc1. The minimum atomic E-state index is 0.275. The summed E-state index contributed by atoms with van der Waals surface area (Å²) in [7, 11) is 1.99. The number of hydrogen-bond acceptors (Lipinski definition) is 3. The lowest BCUT2D eigenvalue weighted by Crippen LogP contribution is -2.23. The molecule has 2 rings (SSSR count). The van der Waals surface area contributed by atoms with Gasteiger partial charge in [-0.2, -0.15) is 5.10 Å². The summed E-state index contributed by atoms with van der Waals surface area (Å²) in [5, 5.41) is 8.10. The number of pyridine rings is 1. The summed E-state index contributed by atoms with van der Waals surface area (Å²) < 4.78 is 1.94. The van der Waals surface area contributed by atoms with Crippen molar-refractivity contribution in [1.29, 1.82) is 0 Å². The van der Waals surface area contributed by atoms with Crippen LogP contribution >= 0.6 is 0 Å². The summed E-state index contributed by atoms with van der Waals surface area (Å²) >= 11 is 0. The number of hydrogen-bond donors (Lipinski definition) is 1. The van der Waals surface area contributed by atoms with Crippen LogP contribution in [0, 0.1) is 13.8 Å². The molecule has 19 heavy (non-hydrogen) atoms. The molecule has 0 fully saturated rings. The summed E-state index contributed by atoms with van der Waals surface area (Å²) in [6.07, 6.45) is 3.66. The van der Waals surface area contributed by atoms with Gasteiger partial charge in [-0.15, -0.1) is 0 Å². The third kappa shape index (κ3) is 2.84. The smallest absolute Gasteiger partial charge is 0.0644 e. The fourth-order valence-corrected chi connectivity index (χ4v) is 2.62. The van der Waals surface area contributed by atoms with Crippen LogP contribution in [0.3, 0.4) is 0 Å². The van der Waals surface area contributed by atoms with E-state index in [1.165, 1.54) is 16.8 Å². The molecular formula is C15H22N4. The predicted octanol–water partition coefficient (Wildman–Crippen LogP) is 2.84. The molecule has 0 bridgehead atoms. The maximum atomic E-state index is 4.48. The minimum Gasteiger partial charge on any atom is -0.304 e. The van der Waals surface area contributed by atoms with Crippen molar-refractivity contribution in [2.45, 2.75) is 39.8 Å². The van der Waals surface area contributed by atoms with E-state index in [0.29, 0.717) is 0 Å². The first kappa shape index (κ1) is 13.7. The van der Waals surface area contributed by atoms with Gasteiger partial charge in [-0.05, 0) is 45.4 Å². The highest BCUT2D eigenvalue weighted by atomic mass is 15.3. The Hall–Kier alpha value is -1.68. The van der Waals surface area contributed by atoms with Gasteiger partial charge >= 0.3 is 0 Å². The normalized spacial score (nSPS) is 14.4. The molecule has 4 nitrogen and oxygen atoms in total. The zero-order valence-electron chi connectivity index (χ0n) is 12.3.